The van der Waals surface area contributed by atoms with Gasteiger partial charge in [-0.25, -0.2) is 13.8 Å². The normalized spacial score (nSPS) is 25.4. The van der Waals surface area contributed by atoms with Crippen LogP contribution in [0.1, 0.15) is 31.2 Å². The van der Waals surface area contributed by atoms with E-state index in [4.69, 9.17) is 4.74 Å². The largest absolute Gasteiger partial charge is 0.472 e. The lowest BCUT2D eigenvalue weighted by molar-refractivity contribution is 0.0795. The number of nitrogens with one attached hydrogen (secondary N) is 1. The molecule has 6 heteroatoms. The van der Waals surface area contributed by atoms with Crippen molar-refractivity contribution in [3.8, 4) is 5.88 Å². The number of halogens is 2. The number of pyridine rings is 1. The van der Waals surface area contributed by atoms with Crippen LogP contribution < -0.4 is 10.1 Å². The zero-order chi connectivity index (χ0) is 15.4. The molecule has 2 aliphatic rings. The number of aromatic nitrogens is 1. The van der Waals surface area contributed by atoms with E-state index in [-0.39, 0.29) is 5.88 Å². The third kappa shape index (κ3) is 4.14. The van der Waals surface area contributed by atoms with E-state index in [9.17, 15) is 8.78 Å². The van der Waals surface area contributed by atoms with Gasteiger partial charge in [0.2, 0.25) is 5.88 Å². The van der Waals surface area contributed by atoms with Crippen LogP contribution in [0.3, 0.4) is 0 Å². The number of fused-ring (bicyclic) bond motifs is 1. The van der Waals surface area contributed by atoms with E-state index in [1.165, 1.54) is 38.8 Å². The lowest BCUT2D eigenvalue weighted by atomic mass is 9.97. The van der Waals surface area contributed by atoms with Gasteiger partial charge in [-0.2, -0.15) is 0 Å². The lowest BCUT2D eigenvalue weighted by Gasteiger charge is -2.35. The molecule has 22 heavy (non-hydrogen) atoms. The van der Waals surface area contributed by atoms with E-state index in [0.717, 1.165) is 18.2 Å². The number of piperidine rings is 1. The Bertz CT molecular complexity index is 486. The van der Waals surface area contributed by atoms with Crippen molar-refractivity contribution in [3.05, 3.63) is 23.9 Å². The first kappa shape index (κ1) is 15.6. The van der Waals surface area contributed by atoms with Crippen molar-refractivity contribution in [2.45, 2.75) is 50.7 Å². The molecule has 0 amide bonds. The summed E-state index contributed by atoms with van der Waals surface area (Å²) in [5, 5.41) is 3.58. The van der Waals surface area contributed by atoms with Crippen molar-refractivity contribution in [1.82, 2.24) is 15.2 Å². The van der Waals surface area contributed by atoms with Gasteiger partial charge in [0.1, 0.15) is 0 Å². The molecule has 2 aliphatic heterocycles. The van der Waals surface area contributed by atoms with Crippen LogP contribution in [0, 0.1) is 0 Å². The minimum Gasteiger partial charge on any atom is -0.472 e. The lowest BCUT2D eigenvalue weighted by Crippen LogP contribution is -2.45. The second-order valence-electron chi connectivity index (χ2n) is 6.14. The maximum Gasteiger partial charge on any atom is 0.272 e. The zero-order valence-electron chi connectivity index (χ0n) is 12.7. The molecule has 0 radical (unpaired) electrons. The SMILES string of the molecule is FC(F)COc1cc(CNC2CCN3CCCC3C2)ccn1. The summed E-state index contributed by atoms with van der Waals surface area (Å²) in [5.74, 6) is 0.269. The molecule has 2 atom stereocenters. The summed E-state index contributed by atoms with van der Waals surface area (Å²) in [6.07, 6.45) is 4.17. The Kier molecular flexibility index (Phi) is 5.20. The summed E-state index contributed by atoms with van der Waals surface area (Å²) in [4.78, 5) is 6.56. The standard InChI is InChI=1S/C16H23F2N3O/c17-15(18)11-22-16-8-12(3-5-19-16)10-20-13-4-7-21-6-1-2-14(21)9-13/h3,5,8,13-15,20H,1-2,4,6-7,9-11H2. The van der Waals surface area contributed by atoms with Gasteiger partial charge in [0.05, 0.1) is 0 Å². The Hall–Kier alpha value is -1.27. The van der Waals surface area contributed by atoms with Crippen LogP contribution in [0.5, 0.6) is 5.88 Å². The quantitative estimate of drug-likeness (QED) is 0.875. The van der Waals surface area contributed by atoms with Crippen LogP contribution in [0.25, 0.3) is 0 Å². The van der Waals surface area contributed by atoms with E-state index in [2.05, 4.69) is 15.2 Å². The summed E-state index contributed by atoms with van der Waals surface area (Å²) in [7, 11) is 0. The zero-order valence-corrected chi connectivity index (χ0v) is 12.7. The van der Waals surface area contributed by atoms with Gasteiger partial charge in [-0.1, -0.05) is 0 Å². The molecule has 0 aromatic carbocycles. The molecule has 3 heterocycles. The maximum absolute atomic E-state index is 12.1. The van der Waals surface area contributed by atoms with Gasteiger partial charge >= 0.3 is 0 Å². The van der Waals surface area contributed by atoms with E-state index >= 15 is 0 Å². The van der Waals surface area contributed by atoms with E-state index in [1.807, 2.05) is 6.07 Å². The summed E-state index contributed by atoms with van der Waals surface area (Å²) in [5.41, 5.74) is 1.02. The van der Waals surface area contributed by atoms with Gasteiger partial charge < -0.3 is 15.0 Å². The Morgan fingerprint density at radius 1 is 1.36 bits per heavy atom. The Labute approximate surface area is 129 Å². The molecule has 122 valence electrons. The van der Waals surface area contributed by atoms with Crippen molar-refractivity contribution in [1.29, 1.82) is 0 Å². The third-order valence-corrected chi connectivity index (χ3v) is 4.57. The van der Waals surface area contributed by atoms with Crippen LogP contribution in [-0.4, -0.2) is 48.1 Å². The van der Waals surface area contributed by atoms with Gasteiger partial charge in [-0.3, -0.25) is 0 Å². The number of rotatable bonds is 6. The predicted octanol–water partition coefficient (Wildman–Crippen LogP) is 2.44. The van der Waals surface area contributed by atoms with E-state index < -0.39 is 13.0 Å². The van der Waals surface area contributed by atoms with Gasteiger partial charge in [0, 0.05) is 30.9 Å². The molecule has 1 aromatic rings. The third-order valence-electron chi connectivity index (χ3n) is 4.57. The first-order valence-corrected chi connectivity index (χ1v) is 8.04. The second kappa shape index (κ2) is 7.33. The first-order chi connectivity index (χ1) is 10.7. The van der Waals surface area contributed by atoms with E-state index in [1.54, 1.807) is 12.3 Å². The van der Waals surface area contributed by atoms with Gasteiger partial charge in [-0.15, -0.1) is 0 Å². The summed E-state index contributed by atoms with van der Waals surface area (Å²) in [6.45, 7) is 2.56. The van der Waals surface area contributed by atoms with Crippen LogP contribution in [0.4, 0.5) is 8.78 Å². The highest BCUT2D eigenvalue weighted by Gasteiger charge is 2.31. The predicted molar refractivity (Wildman–Crippen MR) is 80.2 cm³/mol. The Morgan fingerprint density at radius 3 is 3.14 bits per heavy atom. The minimum atomic E-state index is -2.47. The van der Waals surface area contributed by atoms with Crippen molar-refractivity contribution in [2.24, 2.45) is 0 Å². The molecular weight excluding hydrogens is 288 g/mol. The molecule has 3 rings (SSSR count). The summed E-state index contributed by atoms with van der Waals surface area (Å²) in [6, 6.07) is 4.92. The van der Waals surface area contributed by atoms with Crippen LogP contribution in [-0.2, 0) is 6.54 Å². The molecular formula is C16H23F2N3O. The molecule has 2 fully saturated rings. The second-order valence-corrected chi connectivity index (χ2v) is 6.14. The Balaban J connectivity index is 1.47. The highest BCUT2D eigenvalue weighted by molar-refractivity contribution is 5.20. The van der Waals surface area contributed by atoms with Crippen molar-refractivity contribution >= 4 is 0 Å². The number of hydrogen-bond donors (Lipinski definition) is 1. The fraction of sp³-hybridized carbons (Fsp3) is 0.688. The molecule has 1 aromatic heterocycles. The molecule has 4 nitrogen and oxygen atoms in total. The highest BCUT2D eigenvalue weighted by Crippen LogP contribution is 2.27. The summed E-state index contributed by atoms with van der Waals surface area (Å²) >= 11 is 0. The molecule has 2 saturated heterocycles. The molecule has 2 unspecified atom stereocenters. The average molecular weight is 311 g/mol. The topological polar surface area (TPSA) is 37.4 Å². The summed E-state index contributed by atoms with van der Waals surface area (Å²) < 4.78 is 29.3. The average Bonchev–Trinajstić information content (AvgIpc) is 2.99. The smallest absolute Gasteiger partial charge is 0.272 e. The van der Waals surface area contributed by atoms with Gasteiger partial charge in [0.25, 0.3) is 6.43 Å². The first-order valence-electron chi connectivity index (χ1n) is 8.04. The fourth-order valence-corrected chi connectivity index (χ4v) is 3.46. The monoisotopic (exact) mass is 311 g/mol. The molecule has 1 N–H and O–H groups in total. The van der Waals surface area contributed by atoms with Gasteiger partial charge in [-0.05, 0) is 50.4 Å². The molecule has 0 saturated carbocycles. The van der Waals surface area contributed by atoms with Gasteiger partial charge in [0.15, 0.2) is 6.61 Å². The number of alkyl halides is 2. The fourth-order valence-electron chi connectivity index (χ4n) is 3.46. The Morgan fingerprint density at radius 2 is 2.27 bits per heavy atom. The molecule has 0 spiro atoms. The van der Waals surface area contributed by atoms with Crippen molar-refractivity contribution in [3.63, 3.8) is 0 Å². The minimum absolute atomic E-state index is 0.269. The van der Waals surface area contributed by atoms with E-state index in [0.29, 0.717) is 6.04 Å². The van der Waals surface area contributed by atoms with Crippen LogP contribution in [0.2, 0.25) is 0 Å². The highest BCUT2D eigenvalue weighted by atomic mass is 19.3. The number of nitrogens with zero attached hydrogens (tertiary/aromatic N) is 2. The molecule has 0 aliphatic carbocycles. The van der Waals surface area contributed by atoms with Crippen molar-refractivity contribution < 1.29 is 13.5 Å². The number of hydrogen-bond acceptors (Lipinski definition) is 4. The molecule has 0 bridgehead atoms. The van der Waals surface area contributed by atoms with Crippen LogP contribution in [0.15, 0.2) is 18.3 Å². The van der Waals surface area contributed by atoms with Crippen molar-refractivity contribution in [2.75, 3.05) is 19.7 Å². The van der Waals surface area contributed by atoms with Crippen LogP contribution >= 0.6 is 0 Å². The number of ether oxygens (including phenoxy) is 1. The maximum atomic E-state index is 12.1.